The van der Waals surface area contributed by atoms with Crippen LogP contribution in [-0.2, 0) is 12.4 Å². The van der Waals surface area contributed by atoms with Crippen molar-refractivity contribution in [1.82, 2.24) is 9.97 Å². The van der Waals surface area contributed by atoms with E-state index >= 15 is 0 Å². The molecule has 0 aliphatic heterocycles. The van der Waals surface area contributed by atoms with E-state index in [2.05, 4.69) is 15.3 Å². The van der Waals surface area contributed by atoms with Crippen LogP contribution in [0, 0.1) is 0 Å². The largest absolute Gasteiger partial charge is 0.350 e. The first kappa shape index (κ1) is 10.9. The predicted molar refractivity (Wildman–Crippen MR) is 65.4 cm³/mol. The molecule has 0 aliphatic carbocycles. The smallest absolute Gasteiger partial charge is 0.222 e. The van der Waals surface area contributed by atoms with Gasteiger partial charge in [-0.15, -0.1) is 11.6 Å². The number of anilines is 1. The molecule has 0 bridgehead atoms. The minimum absolute atomic E-state index is 0.551. The molecule has 0 aliphatic rings. The van der Waals surface area contributed by atoms with Gasteiger partial charge in [0.2, 0.25) is 5.95 Å². The minimum atomic E-state index is 0.551. The fraction of sp³-hybridized carbons (Fsp3) is 0.167. The zero-order chi connectivity index (χ0) is 11.2. The normalized spacial score (nSPS) is 10.1. The second-order valence-electron chi connectivity index (χ2n) is 3.38. The van der Waals surface area contributed by atoms with Crippen LogP contribution in [0.1, 0.15) is 11.1 Å². The molecule has 0 radical (unpaired) electrons. The molecule has 0 amide bonds. The summed E-state index contributed by atoms with van der Waals surface area (Å²) in [6.07, 6.45) is 3.43. The highest BCUT2D eigenvalue weighted by Crippen LogP contribution is 2.08. The van der Waals surface area contributed by atoms with Gasteiger partial charge in [0.25, 0.3) is 0 Å². The zero-order valence-corrected chi connectivity index (χ0v) is 9.48. The highest BCUT2D eigenvalue weighted by atomic mass is 35.5. The molecule has 0 atom stereocenters. The Labute approximate surface area is 99.5 Å². The third-order valence-electron chi connectivity index (χ3n) is 2.19. The second kappa shape index (κ2) is 5.47. The van der Waals surface area contributed by atoms with E-state index in [0.29, 0.717) is 18.4 Å². The Morgan fingerprint density at radius 2 is 1.62 bits per heavy atom. The van der Waals surface area contributed by atoms with Gasteiger partial charge < -0.3 is 5.32 Å². The maximum Gasteiger partial charge on any atom is 0.222 e. The van der Waals surface area contributed by atoms with Gasteiger partial charge in [-0.1, -0.05) is 24.3 Å². The van der Waals surface area contributed by atoms with E-state index in [1.54, 1.807) is 18.5 Å². The van der Waals surface area contributed by atoms with Crippen molar-refractivity contribution in [3.63, 3.8) is 0 Å². The number of nitrogens with zero attached hydrogens (tertiary/aromatic N) is 2. The minimum Gasteiger partial charge on any atom is -0.350 e. The number of nitrogens with one attached hydrogen (secondary N) is 1. The maximum absolute atomic E-state index is 5.72. The van der Waals surface area contributed by atoms with Gasteiger partial charge in [-0.25, -0.2) is 9.97 Å². The van der Waals surface area contributed by atoms with Gasteiger partial charge in [-0.05, 0) is 17.2 Å². The van der Waals surface area contributed by atoms with Crippen molar-refractivity contribution < 1.29 is 0 Å². The summed E-state index contributed by atoms with van der Waals surface area (Å²) < 4.78 is 0. The van der Waals surface area contributed by atoms with Gasteiger partial charge in [0.1, 0.15) is 0 Å². The molecule has 16 heavy (non-hydrogen) atoms. The molecule has 82 valence electrons. The van der Waals surface area contributed by atoms with Crippen LogP contribution in [0.2, 0.25) is 0 Å². The molecule has 2 aromatic rings. The van der Waals surface area contributed by atoms with Crippen LogP contribution in [0.4, 0.5) is 5.95 Å². The number of hydrogen-bond acceptors (Lipinski definition) is 3. The van der Waals surface area contributed by atoms with Crippen LogP contribution in [0.25, 0.3) is 0 Å². The molecular formula is C12H12ClN3. The van der Waals surface area contributed by atoms with Crippen molar-refractivity contribution in [3.8, 4) is 0 Å². The van der Waals surface area contributed by atoms with Crippen molar-refractivity contribution in [1.29, 1.82) is 0 Å². The molecule has 1 aromatic heterocycles. The predicted octanol–water partition coefficient (Wildman–Crippen LogP) is 2.83. The lowest BCUT2D eigenvalue weighted by Gasteiger charge is -2.04. The van der Waals surface area contributed by atoms with E-state index in [1.165, 1.54) is 5.56 Å². The number of halogens is 1. The number of rotatable bonds is 4. The Hall–Kier alpha value is -1.61. The monoisotopic (exact) mass is 233 g/mol. The molecule has 0 spiro atoms. The summed E-state index contributed by atoms with van der Waals surface area (Å²) in [5, 5.41) is 3.14. The lowest BCUT2D eigenvalue weighted by molar-refractivity contribution is 1.05. The van der Waals surface area contributed by atoms with Crippen molar-refractivity contribution in [2.24, 2.45) is 0 Å². The number of alkyl halides is 1. The average molecular weight is 234 g/mol. The summed E-state index contributed by atoms with van der Waals surface area (Å²) in [5.41, 5.74) is 2.31. The quantitative estimate of drug-likeness (QED) is 0.826. The van der Waals surface area contributed by atoms with Crippen LogP contribution >= 0.6 is 11.6 Å². The van der Waals surface area contributed by atoms with E-state index < -0.39 is 0 Å². The van der Waals surface area contributed by atoms with E-state index in [9.17, 15) is 0 Å². The first-order valence-corrected chi connectivity index (χ1v) is 5.56. The summed E-state index contributed by atoms with van der Waals surface area (Å²) in [6, 6.07) is 9.94. The maximum atomic E-state index is 5.72. The standard InChI is InChI=1S/C12H12ClN3/c13-8-10-2-4-11(5-3-10)9-16-12-14-6-1-7-15-12/h1-7H,8-9H2,(H,14,15,16). The van der Waals surface area contributed by atoms with Gasteiger partial charge >= 0.3 is 0 Å². The SMILES string of the molecule is ClCc1ccc(CNc2ncccn2)cc1. The summed E-state index contributed by atoms with van der Waals surface area (Å²) >= 11 is 5.72. The number of hydrogen-bond donors (Lipinski definition) is 1. The van der Waals surface area contributed by atoms with Crippen LogP contribution in [0.15, 0.2) is 42.7 Å². The number of benzene rings is 1. The van der Waals surface area contributed by atoms with Gasteiger partial charge in [-0.3, -0.25) is 0 Å². The van der Waals surface area contributed by atoms with E-state index in [1.807, 2.05) is 24.3 Å². The van der Waals surface area contributed by atoms with Crippen LogP contribution in [0.5, 0.6) is 0 Å². The summed E-state index contributed by atoms with van der Waals surface area (Å²) in [6.45, 7) is 0.715. The van der Waals surface area contributed by atoms with Gasteiger partial charge in [0.15, 0.2) is 0 Å². The lowest BCUT2D eigenvalue weighted by atomic mass is 10.1. The highest BCUT2D eigenvalue weighted by Gasteiger charge is 1.95. The first-order valence-electron chi connectivity index (χ1n) is 5.03. The van der Waals surface area contributed by atoms with Crippen molar-refractivity contribution >= 4 is 17.5 Å². The van der Waals surface area contributed by atoms with Gasteiger partial charge in [0, 0.05) is 24.8 Å². The molecule has 2 rings (SSSR count). The Morgan fingerprint density at radius 3 is 2.25 bits per heavy atom. The molecule has 0 saturated carbocycles. The van der Waals surface area contributed by atoms with Crippen LogP contribution in [-0.4, -0.2) is 9.97 Å². The van der Waals surface area contributed by atoms with Crippen LogP contribution < -0.4 is 5.32 Å². The van der Waals surface area contributed by atoms with Gasteiger partial charge in [0.05, 0.1) is 0 Å². The molecule has 0 fully saturated rings. The molecule has 1 N–H and O–H groups in total. The van der Waals surface area contributed by atoms with E-state index in [4.69, 9.17) is 11.6 Å². The fourth-order valence-corrected chi connectivity index (χ4v) is 1.50. The average Bonchev–Trinajstić information content (AvgIpc) is 2.38. The molecule has 4 heteroatoms. The lowest BCUT2D eigenvalue weighted by Crippen LogP contribution is -2.02. The molecule has 0 unspecified atom stereocenters. The second-order valence-corrected chi connectivity index (χ2v) is 3.64. The van der Waals surface area contributed by atoms with Gasteiger partial charge in [-0.2, -0.15) is 0 Å². The molecular weight excluding hydrogens is 222 g/mol. The van der Waals surface area contributed by atoms with Crippen LogP contribution in [0.3, 0.4) is 0 Å². The Bertz CT molecular complexity index is 428. The first-order chi connectivity index (χ1) is 7.88. The van der Waals surface area contributed by atoms with E-state index in [0.717, 1.165) is 5.56 Å². The summed E-state index contributed by atoms with van der Waals surface area (Å²) in [5.74, 6) is 1.19. The van der Waals surface area contributed by atoms with Crippen molar-refractivity contribution in [2.75, 3.05) is 5.32 Å². The number of aromatic nitrogens is 2. The zero-order valence-electron chi connectivity index (χ0n) is 8.73. The third-order valence-corrected chi connectivity index (χ3v) is 2.50. The molecule has 1 heterocycles. The van der Waals surface area contributed by atoms with Crippen molar-refractivity contribution in [2.45, 2.75) is 12.4 Å². The summed E-state index contributed by atoms with van der Waals surface area (Å²) in [4.78, 5) is 8.17. The molecule has 0 saturated heterocycles. The highest BCUT2D eigenvalue weighted by molar-refractivity contribution is 6.17. The Balaban J connectivity index is 1.94. The van der Waals surface area contributed by atoms with E-state index in [-0.39, 0.29) is 0 Å². The fourth-order valence-electron chi connectivity index (χ4n) is 1.32. The van der Waals surface area contributed by atoms with Crippen molar-refractivity contribution in [3.05, 3.63) is 53.9 Å². The topological polar surface area (TPSA) is 37.8 Å². The Kier molecular flexibility index (Phi) is 3.72. The molecule has 3 nitrogen and oxygen atoms in total. The Morgan fingerprint density at radius 1 is 1.00 bits per heavy atom. The molecule has 1 aromatic carbocycles. The third kappa shape index (κ3) is 2.94. The summed E-state index contributed by atoms with van der Waals surface area (Å²) in [7, 11) is 0.